The van der Waals surface area contributed by atoms with Gasteiger partial charge in [0, 0.05) is 19.4 Å². The molecule has 0 bridgehead atoms. The summed E-state index contributed by atoms with van der Waals surface area (Å²) >= 11 is 0. The van der Waals surface area contributed by atoms with Crippen molar-refractivity contribution in [3.05, 3.63) is 30.1 Å². The van der Waals surface area contributed by atoms with Gasteiger partial charge < -0.3 is 15.4 Å². The van der Waals surface area contributed by atoms with E-state index in [0.29, 0.717) is 31.7 Å². The number of aromatic amines is 1. The predicted octanol–water partition coefficient (Wildman–Crippen LogP) is 2.02. The Kier molecular flexibility index (Phi) is 5.33. The van der Waals surface area contributed by atoms with Crippen molar-refractivity contribution >= 4 is 16.9 Å². The number of carbonyl (C=O) groups is 1. The fraction of sp³-hybridized carbons (Fsp3) is 0.500. The number of hydrogen-bond acceptors (Lipinski definition) is 3. The largest absolute Gasteiger partial charge is 0.391 e. The van der Waals surface area contributed by atoms with Gasteiger partial charge in [0.1, 0.15) is 5.82 Å². The Morgan fingerprint density at radius 3 is 2.86 bits per heavy atom. The summed E-state index contributed by atoms with van der Waals surface area (Å²) in [6.07, 6.45) is 1.17. The molecule has 5 heteroatoms. The van der Waals surface area contributed by atoms with E-state index in [1.807, 2.05) is 38.1 Å². The lowest BCUT2D eigenvalue weighted by molar-refractivity contribution is -0.121. The Balaban J connectivity index is 1.76. The van der Waals surface area contributed by atoms with E-state index in [4.69, 9.17) is 0 Å². The fourth-order valence-corrected chi connectivity index (χ4v) is 2.30. The van der Waals surface area contributed by atoms with Crippen LogP contribution in [0.4, 0.5) is 0 Å². The van der Waals surface area contributed by atoms with E-state index in [0.717, 1.165) is 16.9 Å². The summed E-state index contributed by atoms with van der Waals surface area (Å²) in [4.78, 5) is 19.4. The molecule has 3 N–H and O–H groups in total. The normalized spacial score (nSPS) is 12.8. The maximum atomic E-state index is 11.8. The minimum atomic E-state index is -0.472. The molecule has 1 aromatic heterocycles. The molecule has 0 aliphatic carbocycles. The van der Waals surface area contributed by atoms with E-state index in [-0.39, 0.29) is 5.91 Å². The number of rotatable bonds is 7. The summed E-state index contributed by atoms with van der Waals surface area (Å²) in [6.45, 7) is 4.41. The van der Waals surface area contributed by atoms with Gasteiger partial charge in [-0.25, -0.2) is 4.98 Å². The van der Waals surface area contributed by atoms with Crippen LogP contribution in [0.3, 0.4) is 0 Å². The molecule has 0 fully saturated rings. The summed E-state index contributed by atoms with van der Waals surface area (Å²) < 4.78 is 0. The highest BCUT2D eigenvalue weighted by Crippen LogP contribution is 2.11. The number of para-hydroxylation sites is 2. The number of hydrogen-bond donors (Lipinski definition) is 3. The molecule has 114 valence electrons. The maximum absolute atomic E-state index is 11.8. The maximum Gasteiger partial charge on any atom is 0.220 e. The zero-order valence-corrected chi connectivity index (χ0v) is 12.6. The minimum Gasteiger partial charge on any atom is -0.391 e. The molecule has 0 radical (unpaired) electrons. The number of H-pyrrole nitrogens is 1. The minimum absolute atomic E-state index is 0.0572. The fourth-order valence-electron chi connectivity index (χ4n) is 2.30. The molecule has 21 heavy (non-hydrogen) atoms. The van der Waals surface area contributed by atoms with Crippen LogP contribution in [0, 0.1) is 5.92 Å². The first kappa shape index (κ1) is 15.5. The lowest BCUT2D eigenvalue weighted by Crippen LogP contribution is -2.32. The molecule has 1 amide bonds. The molecular formula is C16H23N3O2. The van der Waals surface area contributed by atoms with Gasteiger partial charge in [-0.15, -0.1) is 0 Å². The molecule has 2 rings (SSSR count). The lowest BCUT2D eigenvalue weighted by atomic mass is 10.1. The van der Waals surface area contributed by atoms with Gasteiger partial charge >= 0.3 is 0 Å². The number of nitrogens with one attached hydrogen (secondary N) is 2. The standard InChI is InChI=1S/C16H23N3O2/c1-11(2)9-12(20)10-17-16(21)8-7-15-18-13-5-3-4-6-14(13)19-15/h3-6,11-12,20H,7-10H2,1-2H3,(H,17,21)(H,18,19). The number of imidazole rings is 1. The Morgan fingerprint density at radius 2 is 2.14 bits per heavy atom. The van der Waals surface area contributed by atoms with Crippen LogP contribution >= 0.6 is 0 Å². The van der Waals surface area contributed by atoms with E-state index in [2.05, 4.69) is 15.3 Å². The van der Waals surface area contributed by atoms with Crippen LogP contribution in [0.25, 0.3) is 11.0 Å². The van der Waals surface area contributed by atoms with Crippen molar-refractivity contribution in [2.75, 3.05) is 6.54 Å². The van der Waals surface area contributed by atoms with Crippen LogP contribution in [0.15, 0.2) is 24.3 Å². The van der Waals surface area contributed by atoms with Gasteiger partial charge in [-0.2, -0.15) is 0 Å². The predicted molar refractivity (Wildman–Crippen MR) is 82.9 cm³/mol. The number of amides is 1. The van der Waals surface area contributed by atoms with E-state index < -0.39 is 6.10 Å². The second kappa shape index (κ2) is 7.22. The van der Waals surface area contributed by atoms with Crippen LogP contribution in [-0.2, 0) is 11.2 Å². The van der Waals surface area contributed by atoms with Crippen LogP contribution < -0.4 is 5.32 Å². The van der Waals surface area contributed by atoms with Gasteiger partial charge in [-0.1, -0.05) is 26.0 Å². The van der Waals surface area contributed by atoms with Crippen LogP contribution in [0.1, 0.15) is 32.5 Å². The van der Waals surface area contributed by atoms with Gasteiger partial charge in [0.2, 0.25) is 5.91 Å². The first-order valence-electron chi connectivity index (χ1n) is 7.43. The average Bonchev–Trinajstić information content (AvgIpc) is 2.85. The second-order valence-electron chi connectivity index (χ2n) is 5.79. The molecular weight excluding hydrogens is 266 g/mol. The average molecular weight is 289 g/mol. The monoisotopic (exact) mass is 289 g/mol. The number of aromatic nitrogens is 2. The van der Waals surface area contributed by atoms with Gasteiger partial charge in [0.05, 0.1) is 17.1 Å². The molecule has 1 unspecified atom stereocenters. The molecule has 2 aromatic rings. The summed E-state index contributed by atoms with van der Waals surface area (Å²) in [6, 6.07) is 7.80. The van der Waals surface area contributed by atoms with Crippen molar-refractivity contribution in [2.24, 2.45) is 5.92 Å². The highest BCUT2D eigenvalue weighted by atomic mass is 16.3. The molecule has 1 aromatic carbocycles. The number of carbonyl (C=O) groups excluding carboxylic acids is 1. The van der Waals surface area contributed by atoms with Crippen LogP contribution in [0.5, 0.6) is 0 Å². The van der Waals surface area contributed by atoms with Crippen LogP contribution in [-0.4, -0.2) is 33.6 Å². The van der Waals surface area contributed by atoms with Crippen molar-refractivity contribution in [3.8, 4) is 0 Å². The van der Waals surface area contributed by atoms with Crippen molar-refractivity contribution in [2.45, 2.75) is 39.2 Å². The summed E-state index contributed by atoms with van der Waals surface area (Å²) in [5.41, 5.74) is 1.90. The number of aryl methyl sites for hydroxylation is 1. The molecule has 0 aliphatic rings. The van der Waals surface area contributed by atoms with E-state index in [1.165, 1.54) is 0 Å². The number of fused-ring (bicyclic) bond motifs is 1. The summed E-state index contributed by atoms with van der Waals surface area (Å²) in [5.74, 6) is 1.18. The molecule has 0 saturated heterocycles. The van der Waals surface area contributed by atoms with Gasteiger partial charge in [-0.05, 0) is 24.5 Å². The lowest BCUT2D eigenvalue weighted by Gasteiger charge is -2.13. The molecule has 1 atom stereocenters. The van der Waals surface area contributed by atoms with Crippen molar-refractivity contribution in [1.82, 2.24) is 15.3 Å². The number of aliphatic hydroxyl groups excluding tert-OH is 1. The Morgan fingerprint density at radius 1 is 1.38 bits per heavy atom. The Bertz CT molecular complexity index is 559. The Labute approximate surface area is 124 Å². The summed E-state index contributed by atoms with van der Waals surface area (Å²) in [7, 11) is 0. The third-order valence-electron chi connectivity index (χ3n) is 3.31. The van der Waals surface area contributed by atoms with E-state index >= 15 is 0 Å². The molecule has 1 heterocycles. The topological polar surface area (TPSA) is 78.0 Å². The van der Waals surface area contributed by atoms with Gasteiger partial charge in [0.15, 0.2) is 0 Å². The van der Waals surface area contributed by atoms with Gasteiger partial charge in [0.25, 0.3) is 0 Å². The van der Waals surface area contributed by atoms with Crippen molar-refractivity contribution < 1.29 is 9.90 Å². The van der Waals surface area contributed by atoms with E-state index in [1.54, 1.807) is 0 Å². The van der Waals surface area contributed by atoms with Crippen molar-refractivity contribution in [1.29, 1.82) is 0 Å². The first-order valence-corrected chi connectivity index (χ1v) is 7.43. The highest BCUT2D eigenvalue weighted by molar-refractivity contribution is 5.77. The SMILES string of the molecule is CC(C)CC(O)CNC(=O)CCc1nc2ccccc2[nH]1. The molecule has 0 saturated carbocycles. The smallest absolute Gasteiger partial charge is 0.220 e. The number of nitrogens with zero attached hydrogens (tertiary/aromatic N) is 1. The molecule has 5 nitrogen and oxygen atoms in total. The number of aliphatic hydroxyl groups is 1. The Hall–Kier alpha value is -1.88. The second-order valence-corrected chi connectivity index (χ2v) is 5.79. The third-order valence-corrected chi connectivity index (χ3v) is 3.31. The first-order chi connectivity index (χ1) is 10.0. The quantitative estimate of drug-likeness (QED) is 0.729. The van der Waals surface area contributed by atoms with E-state index in [9.17, 15) is 9.90 Å². The molecule has 0 aliphatic heterocycles. The zero-order chi connectivity index (χ0) is 15.2. The molecule has 0 spiro atoms. The highest BCUT2D eigenvalue weighted by Gasteiger charge is 2.10. The summed E-state index contributed by atoms with van der Waals surface area (Å²) in [5, 5.41) is 12.5. The third kappa shape index (κ3) is 4.86. The number of benzene rings is 1. The zero-order valence-electron chi connectivity index (χ0n) is 12.6. The van der Waals surface area contributed by atoms with Crippen molar-refractivity contribution in [3.63, 3.8) is 0 Å². The van der Waals surface area contributed by atoms with Gasteiger partial charge in [-0.3, -0.25) is 4.79 Å². The van der Waals surface area contributed by atoms with Crippen LogP contribution in [0.2, 0.25) is 0 Å².